The van der Waals surface area contributed by atoms with E-state index in [1.807, 2.05) is 13.1 Å². The maximum absolute atomic E-state index is 10.9. The second-order valence-corrected chi connectivity index (χ2v) is 4.88. The van der Waals surface area contributed by atoms with Crippen molar-refractivity contribution in [1.29, 1.82) is 0 Å². The lowest BCUT2D eigenvalue weighted by Gasteiger charge is -2.17. The number of nitrogens with one attached hydrogen (secondary N) is 1. The monoisotopic (exact) mass is 281 g/mol. The summed E-state index contributed by atoms with van der Waals surface area (Å²) in [6.45, 7) is 1.95. The van der Waals surface area contributed by atoms with E-state index in [1.165, 1.54) is 0 Å². The molecule has 0 aliphatic carbocycles. The van der Waals surface area contributed by atoms with Crippen molar-refractivity contribution in [2.75, 3.05) is 32.6 Å². The summed E-state index contributed by atoms with van der Waals surface area (Å²) < 4.78 is 0. The molecule has 0 radical (unpaired) electrons. The number of aliphatic hydroxyl groups is 1. The predicted octanol–water partition coefficient (Wildman–Crippen LogP) is 2.23. The number of nitro benzene ring substituents is 1. The summed E-state index contributed by atoms with van der Waals surface area (Å²) in [5.74, 6) is 0. The maximum atomic E-state index is 10.9. The molecule has 20 heavy (non-hydrogen) atoms. The van der Waals surface area contributed by atoms with Gasteiger partial charge in [0.25, 0.3) is 5.69 Å². The van der Waals surface area contributed by atoms with Gasteiger partial charge in [0.15, 0.2) is 0 Å². The molecule has 6 heteroatoms. The molecular formula is C14H23N3O3. The molecule has 0 aliphatic heterocycles. The van der Waals surface area contributed by atoms with Gasteiger partial charge >= 0.3 is 0 Å². The zero-order chi connectivity index (χ0) is 15.0. The normalized spacial score (nSPS) is 10.8. The Kier molecular flexibility index (Phi) is 6.97. The zero-order valence-electron chi connectivity index (χ0n) is 12.1. The van der Waals surface area contributed by atoms with E-state index >= 15 is 0 Å². The fraction of sp³-hybridized carbons (Fsp3) is 0.571. The quantitative estimate of drug-likeness (QED) is 0.412. The van der Waals surface area contributed by atoms with Gasteiger partial charge in [0, 0.05) is 26.3 Å². The summed E-state index contributed by atoms with van der Waals surface area (Å²) in [5, 5.41) is 22.4. The number of unbranched alkanes of at least 4 members (excludes halogenated alkanes) is 2. The number of anilines is 1. The first kappa shape index (κ1) is 16.4. The molecule has 0 amide bonds. The topological polar surface area (TPSA) is 78.6 Å². The van der Waals surface area contributed by atoms with Gasteiger partial charge in [-0.05, 0) is 44.5 Å². The van der Waals surface area contributed by atoms with Crippen LogP contribution in [0.4, 0.5) is 11.4 Å². The molecule has 0 heterocycles. The Labute approximate surface area is 119 Å². The molecule has 1 aromatic rings. The summed E-state index contributed by atoms with van der Waals surface area (Å²) >= 11 is 0. The Morgan fingerprint density at radius 1 is 1.35 bits per heavy atom. The van der Waals surface area contributed by atoms with E-state index in [-0.39, 0.29) is 17.2 Å². The van der Waals surface area contributed by atoms with Gasteiger partial charge in [-0.3, -0.25) is 10.1 Å². The van der Waals surface area contributed by atoms with Crippen LogP contribution in [0.3, 0.4) is 0 Å². The van der Waals surface area contributed by atoms with Crippen LogP contribution in [0.1, 0.15) is 24.8 Å². The second-order valence-electron chi connectivity index (χ2n) is 4.88. The van der Waals surface area contributed by atoms with Crippen LogP contribution < -0.4 is 5.32 Å². The van der Waals surface area contributed by atoms with Gasteiger partial charge in [-0.15, -0.1) is 0 Å². The minimum atomic E-state index is -0.381. The van der Waals surface area contributed by atoms with Crippen molar-refractivity contribution in [3.8, 4) is 0 Å². The Balaban J connectivity index is 2.57. The van der Waals surface area contributed by atoms with Gasteiger partial charge in [0.1, 0.15) is 5.69 Å². The van der Waals surface area contributed by atoms with Gasteiger partial charge < -0.3 is 15.3 Å². The zero-order valence-corrected chi connectivity index (χ0v) is 12.1. The summed E-state index contributed by atoms with van der Waals surface area (Å²) in [6, 6.07) is 5.16. The molecule has 2 N–H and O–H groups in total. The summed E-state index contributed by atoms with van der Waals surface area (Å²) in [7, 11) is 3.71. The van der Waals surface area contributed by atoms with Crippen LogP contribution in [0.5, 0.6) is 0 Å². The summed E-state index contributed by atoms with van der Waals surface area (Å²) in [4.78, 5) is 12.6. The Morgan fingerprint density at radius 2 is 2.10 bits per heavy atom. The lowest BCUT2D eigenvalue weighted by molar-refractivity contribution is -0.384. The summed E-state index contributed by atoms with van der Waals surface area (Å²) in [6.07, 6.45) is 2.90. The standard InChI is InChI=1S/C14H23N3O3/c1-15-13-10-12(6-7-14(13)17(19)20)11-16(2)8-4-3-5-9-18/h6-7,10,15,18H,3-5,8-9,11H2,1-2H3. The third-order valence-electron chi connectivity index (χ3n) is 3.18. The highest BCUT2D eigenvalue weighted by Crippen LogP contribution is 2.25. The average Bonchev–Trinajstić information content (AvgIpc) is 2.43. The molecule has 0 saturated heterocycles. The molecule has 112 valence electrons. The molecule has 0 saturated carbocycles. The highest BCUT2D eigenvalue weighted by Gasteiger charge is 2.13. The minimum Gasteiger partial charge on any atom is -0.396 e. The minimum absolute atomic E-state index is 0.0989. The fourth-order valence-corrected chi connectivity index (χ4v) is 2.10. The van der Waals surface area contributed by atoms with Crippen molar-refractivity contribution in [3.63, 3.8) is 0 Å². The SMILES string of the molecule is CNc1cc(CN(C)CCCCCO)ccc1[N+](=O)[O-]. The highest BCUT2D eigenvalue weighted by molar-refractivity contribution is 5.62. The Morgan fingerprint density at radius 3 is 2.70 bits per heavy atom. The number of rotatable bonds is 9. The number of benzene rings is 1. The number of hydrogen-bond acceptors (Lipinski definition) is 5. The Hall–Kier alpha value is -1.66. The van der Waals surface area contributed by atoms with Crippen LogP contribution in [-0.2, 0) is 6.54 Å². The molecule has 1 aromatic carbocycles. The van der Waals surface area contributed by atoms with E-state index in [1.54, 1.807) is 19.2 Å². The van der Waals surface area contributed by atoms with Gasteiger partial charge in [-0.2, -0.15) is 0 Å². The molecule has 0 unspecified atom stereocenters. The van der Waals surface area contributed by atoms with E-state index in [0.29, 0.717) is 5.69 Å². The molecule has 0 aromatic heterocycles. The van der Waals surface area contributed by atoms with Crippen molar-refractivity contribution in [1.82, 2.24) is 4.90 Å². The van der Waals surface area contributed by atoms with E-state index in [4.69, 9.17) is 5.11 Å². The molecular weight excluding hydrogens is 258 g/mol. The third-order valence-corrected chi connectivity index (χ3v) is 3.18. The van der Waals surface area contributed by atoms with Crippen LogP contribution in [0.2, 0.25) is 0 Å². The lowest BCUT2D eigenvalue weighted by atomic mass is 10.1. The van der Waals surface area contributed by atoms with Gasteiger partial charge in [-0.25, -0.2) is 0 Å². The lowest BCUT2D eigenvalue weighted by Crippen LogP contribution is -2.19. The van der Waals surface area contributed by atoms with Crippen LogP contribution in [0.25, 0.3) is 0 Å². The smallest absolute Gasteiger partial charge is 0.292 e. The average molecular weight is 281 g/mol. The first-order chi connectivity index (χ1) is 9.58. The molecule has 0 atom stereocenters. The number of aliphatic hydroxyl groups excluding tert-OH is 1. The molecule has 0 bridgehead atoms. The van der Waals surface area contributed by atoms with E-state index in [9.17, 15) is 10.1 Å². The van der Waals surface area contributed by atoms with Crippen molar-refractivity contribution in [2.24, 2.45) is 0 Å². The van der Waals surface area contributed by atoms with Crippen molar-refractivity contribution in [3.05, 3.63) is 33.9 Å². The van der Waals surface area contributed by atoms with Gasteiger partial charge in [0.05, 0.1) is 4.92 Å². The van der Waals surface area contributed by atoms with Crippen LogP contribution in [0, 0.1) is 10.1 Å². The predicted molar refractivity (Wildman–Crippen MR) is 79.9 cm³/mol. The number of hydrogen-bond donors (Lipinski definition) is 2. The summed E-state index contributed by atoms with van der Waals surface area (Å²) in [5.41, 5.74) is 1.69. The fourth-order valence-electron chi connectivity index (χ4n) is 2.10. The molecule has 6 nitrogen and oxygen atoms in total. The van der Waals surface area contributed by atoms with Crippen LogP contribution in [0.15, 0.2) is 18.2 Å². The molecule has 0 aliphatic rings. The van der Waals surface area contributed by atoms with Crippen LogP contribution >= 0.6 is 0 Å². The van der Waals surface area contributed by atoms with Crippen molar-refractivity contribution < 1.29 is 10.0 Å². The van der Waals surface area contributed by atoms with Crippen molar-refractivity contribution >= 4 is 11.4 Å². The van der Waals surface area contributed by atoms with E-state index in [0.717, 1.165) is 37.9 Å². The third kappa shape index (κ3) is 5.14. The van der Waals surface area contributed by atoms with E-state index < -0.39 is 0 Å². The molecule has 0 spiro atoms. The molecule has 0 fully saturated rings. The number of nitro groups is 1. The van der Waals surface area contributed by atoms with E-state index in [2.05, 4.69) is 10.2 Å². The van der Waals surface area contributed by atoms with Gasteiger partial charge in [-0.1, -0.05) is 6.07 Å². The maximum Gasteiger partial charge on any atom is 0.292 e. The first-order valence-corrected chi connectivity index (χ1v) is 6.83. The second kappa shape index (κ2) is 8.50. The first-order valence-electron chi connectivity index (χ1n) is 6.83. The Bertz CT molecular complexity index is 438. The molecule has 1 rings (SSSR count). The van der Waals surface area contributed by atoms with Crippen molar-refractivity contribution in [2.45, 2.75) is 25.8 Å². The highest BCUT2D eigenvalue weighted by atomic mass is 16.6. The van der Waals surface area contributed by atoms with Crippen LogP contribution in [-0.4, -0.2) is 42.2 Å². The largest absolute Gasteiger partial charge is 0.396 e. The van der Waals surface area contributed by atoms with Gasteiger partial charge in [0.2, 0.25) is 0 Å². The number of nitrogens with zero attached hydrogens (tertiary/aromatic N) is 2.